The summed E-state index contributed by atoms with van der Waals surface area (Å²) < 4.78 is 30.9. The quantitative estimate of drug-likeness (QED) is 0.346. The van der Waals surface area contributed by atoms with Crippen LogP contribution in [0.4, 0.5) is 0 Å². The lowest BCUT2D eigenvalue weighted by Crippen LogP contribution is -2.42. The molecule has 228 valence electrons. The zero-order chi connectivity index (χ0) is 29.9. The van der Waals surface area contributed by atoms with Gasteiger partial charge in [0.05, 0.1) is 14.2 Å². The summed E-state index contributed by atoms with van der Waals surface area (Å²) in [6, 6.07) is 20.0. The van der Waals surface area contributed by atoms with Crippen LogP contribution in [0.25, 0.3) is 5.57 Å². The molecule has 6 bridgehead atoms. The van der Waals surface area contributed by atoms with Gasteiger partial charge in [-0.3, -0.25) is 9.80 Å². The lowest BCUT2D eigenvalue weighted by atomic mass is 9.75. The standard InChI is InChI=1S/C37H40N2O5/c1-38-13-11-24-18-32(41-4)28-20-27(24)29(38)16-23-7-10-31(40-3)33(17-23)44-26-8-5-22(6-9-26)15-30-35-25(12-14-39(30)2)19-34-37(36(28)35)43-21-42-34/h5-10,17-18,20,29-30,34H,11-16,19,21H2,1-4H3/t29-,30+,34?/m1/s1. The Morgan fingerprint density at radius 3 is 2.34 bits per heavy atom. The normalized spacial score (nSPS) is 24.7. The monoisotopic (exact) mass is 592 g/mol. The minimum absolute atomic E-state index is 0.0460. The fourth-order valence-corrected chi connectivity index (χ4v) is 7.92. The highest BCUT2D eigenvalue weighted by Crippen LogP contribution is 2.50. The SMILES string of the molecule is COc1ccc2cc1Oc1ccc(cc1)C[C@H]1C3=C(CCN1C)CC1OCOC1=C3c1cc3c(cc1OC)CCN(C)[C@@H]3C2. The Kier molecular flexibility index (Phi) is 6.93. The average molecular weight is 593 g/mol. The van der Waals surface area contributed by atoms with E-state index in [0.717, 1.165) is 79.5 Å². The minimum Gasteiger partial charge on any atom is -0.496 e. The molecular formula is C37H40N2O5. The summed E-state index contributed by atoms with van der Waals surface area (Å²) in [5, 5.41) is 0. The van der Waals surface area contributed by atoms with Crippen LogP contribution in [0.5, 0.6) is 23.0 Å². The summed E-state index contributed by atoms with van der Waals surface area (Å²) in [6.07, 6.45) is 4.59. The van der Waals surface area contributed by atoms with Gasteiger partial charge in [-0.15, -0.1) is 0 Å². The molecule has 0 amide bonds. The van der Waals surface area contributed by atoms with Crippen LogP contribution in [0, 0.1) is 0 Å². The molecule has 0 aromatic heterocycles. The molecule has 3 aromatic rings. The number of likely N-dealkylation sites (N-methyl/N-ethyl adjacent to an activating group) is 2. The van der Waals surface area contributed by atoms with E-state index in [-0.39, 0.29) is 18.2 Å². The van der Waals surface area contributed by atoms with Gasteiger partial charge in [-0.25, -0.2) is 0 Å². The van der Waals surface area contributed by atoms with Crippen molar-refractivity contribution in [2.45, 2.75) is 50.3 Å². The molecule has 0 N–H and O–H groups in total. The van der Waals surface area contributed by atoms with Crippen LogP contribution < -0.4 is 14.2 Å². The average Bonchev–Trinajstić information content (AvgIpc) is 3.51. The highest BCUT2D eigenvalue weighted by molar-refractivity contribution is 5.88. The maximum absolute atomic E-state index is 6.45. The number of nitrogens with zero attached hydrogens (tertiary/aromatic N) is 2. The van der Waals surface area contributed by atoms with Crippen molar-refractivity contribution in [1.82, 2.24) is 9.80 Å². The van der Waals surface area contributed by atoms with E-state index < -0.39 is 0 Å². The third-order valence-electron chi connectivity index (χ3n) is 10.3. The fraction of sp³-hybridized carbons (Fsp3) is 0.405. The molecule has 3 aromatic carbocycles. The lowest BCUT2D eigenvalue weighted by Gasteiger charge is -2.41. The van der Waals surface area contributed by atoms with Crippen LogP contribution in [0.3, 0.4) is 0 Å². The summed E-state index contributed by atoms with van der Waals surface area (Å²) in [7, 11) is 7.98. The molecular weight excluding hydrogens is 552 g/mol. The predicted octanol–water partition coefficient (Wildman–Crippen LogP) is 6.31. The molecule has 0 spiro atoms. The lowest BCUT2D eigenvalue weighted by molar-refractivity contribution is 0.0496. The summed E-state index contributed by atoms with van der Waals surface area (Å²) >= 11 is 0. The molecule has 44 heavy (non-hydrogen) atoms. The van der Waals surface area contributed by atoms with E-state index >= 15 is 0 Å². The van der Waals surface area contributed by atoms with Gasteiger partial charge in [0.2, 0.25) is 0 Å². The van der Waals surface area contributed by atoms with Crippen molar-refractivity contribution in [2.75, 3.05) is 48.2 Å². The van der Waals surface area contributed by atoms with E-state index in [1.54, 1.807) is 14.2 Å². The van der Waals surface area contributed by atoms with Crippen molar-refractivity contribution in [3.63, 3.8) is 0 Å². The number of ether oxygens (including phenoxy) is 5. The van der Waals surface area contributed by atoms with Gasteiger partial charge in [-0.1, -0.05) is 23.8 Å². The highest BCUT2D eigenvalue weighted by Gasteiger charge is 2.42. The van der Waals surface area contributed by atoms with Gasteiger partial charge >= 0.3 is 0 Å². The first-order valence-corrected chi connectivity index (χ1v) is 15.8. The molecule has 3 atom stereocenters. The minimum atomic E-state index is -0.0460. The van der Waals surface area contributed by atoms with E-state index in [1.165, 1.54) is 39.0 Å². The first kappa shape index (κ1) is 27.7. The Morgan fingerprint density at radius 1 is 0.773 bits per heavy atom. The van der Waals surface area contributed by atoms with E-state index in [1.807, 2.05) is 6.07 Å². The number of hydrogen-bond donors (Lipinski definition) is 0. The smallest absolute Gasteiger partial charge is 0.189 e. The second-order valence-electron chi connectivity index (χ2n) is 12.8. The third kappa shape index (κ3) is 4.61. The van der Waals surface area contributed by atoms with Crippen molar-refractivity contribution in [3.8, 4) is 23.0 Å². The second kappa shape index (κ2) is 11.0. The molecule has 1 saturated heterocycles. The Bertz CT molecular complexity index is 1680. The van der Waals surface area contributed by atoms with Crippen LogP contribution in [-0.2, 0) is 28.7 Å². The van der Waals surface area contributed by atoms with Crippen LogP contribution in [0.15, 0.2) is 71.5 Å². The molecule has 5 aliphatic heterocycles. The Hall–Kier alpha value is -3.78. The molecule has 9 rings (SSSR count). The van der Waals surface area contributed by atoms with Gasteiger partial charge in [-0.05, 0) is 104 Å². The maximum Gasteiger partial charge on any atom is 0.189 e. The van der Waals surface area contributed by atoms with Crippen LogP contribution in [0.2, 0.25) is 0 Å². The maximum atomic E-state index is 6.45. The van der Waals surface area contributed by atoms with Gasteiger partial charge in [0.25, 0.3) is 0 Å². The number of hydrogen-bond acceptors (Lipinski definition) is 7. The van der Waals surface area contributed by atoms with E-state index in [4.69, 9.17) is 23.7 Å². The first-order chi connectivity index (χ1) is 21.5. The van der Waals surface area contributed by atoms with Crippen LogP contribution in [0.1, 0.15) is 46.7 Å². The predicted molar refractivity (Wildman–Crippen MR) is 169 cm³/mol. The Labute approximate surface area is 259 Å². The molecule has 6 aliphatic rings. The van der Waals surface area contributed by atoms with Gasteiger partial charge in [0.1, 0.15) is 23.4 Å². The summed E-state index contributed by atoms with van der Waals surface area (Å²) in [5.74, 6) is 4.14. The van der Waals surface area contributed by atoms with Crippen molar-refractivity contribution in [1.29, 1.82) is 0 Å². The topological polar surface area (TPSA) is 52.6 Å². The largest absolute Gasteiger partial charge is 0.496 e. The van der Waals surface area contributed by atoms with Crippen molar-refractivity contribution < 1.29 is 23.7 Å². The van der Waals surface area contributed by atoms with Crippen molar-refractivity contribution in [3.05, 3.63) is 99.3 Å². The number of methoxy groups -OCH3 is 2. The Morgan fingerprint density at radius 2 is 1.52 bits per heavy atom. The highest BCUT2D eigenvalue weighted by atomic mass is 16.7. The van der Waals surface area contributed by atoms with Crippen molar-refractivity contribution in [2.24, 2.45) is 0 Å². The molecule has 7 heteroatoms. The van der Waals surface area contributed by atoms with Gasteiger partial charge < -0.3 is 23.7 Å². The zero-order valence-electron chi connectivity index (χ0n) is 26.0. The summed E-state index contributed by atoms with van der Waals surface area (Å²) in [5.41, 5.74) is 10.3. The van der Waals surface area contributed by atoms with Crippen molar-refractivity contribution >= 4 is 5.57 Å². The summed E-state index contributed by atoms with van der Waals surface area (Å²) in [4.78, 5) is 4.99. The van der Waals surface area contributed by atoms with E-state index in [2.05, 4.69) is 72.4 Å². The molecule has 7 nitrogen and oxygen atoms in total. The van der Waals surface area contributed by atoms with Gasteiger partial charge in [-0.2, -0.15) is 0 Å². The second-order valence-corrected chi connectivity index (χ2v) is 12.8. The third-order valence-corrected chi connectivity index (χ3v) is 10.3. The summed E-state index contributed by atoms with van der Waals surface area (Å²) in [6.45, 7) is 2.30. The number of fused-ring (bicyclic) bond motifs is 3. The van der Waals surface area contributed by atoms with Crippen LogP contribution in [-0.4, -0.2) is 70.1 Å². The van der Waals surface area contributed by atoms with E-state index in [9.17, 15) is 0 Å². The molecule has 0 radical (unpaired) electrons. The first-order valence-electron chi connectivity index (χ1n) is 15.8. The molecule has 1 aliphatic carbocycles. The van der Waals surface area contributed by atoms with E-state index in [0.29, 0.717) is 6.79 Å². The van der Waals surface area contributed by atoms with Crippen LogP contribution >= 0.6 is 0 Å². The molecule has 0 saturated carbocycles. The number of rotatable bonds is 2. The molecule has 1 fully saturated rings. The van der Waals surface area contributed by atoms with Gasteiger partial charge in [0.15, 0.2) is 18.3 Å². The fourth-order valence-electron chi connectivity index (χ4n) is 7.92. The van der Waals surface area contributed by atoms with Gasteiger partial charge in [0, 0.05) is 42.7 Å². The number of benzene rings is 3. The zero-order valence-corrected chi connectivity index (χ0v) is 26.0. The molecule has 5 heterocycles. The molecule has 1 unspecified atom stereocenters. The Balaban J connectivity index is 1.37.